The van der Waals surface area contributed by atoms with Crippen LogP contribution in [0.3, 0.4) is 0 Å². The van der Waals surface area contributed by atoms with E-state index in [1.165, 1.54) is 0 Å². The van der Waals surface area contributed by atoms with E-state index >= 15 is 0 Å². The fraction of sp³-hybridized carbons (Fsp3) is 0.444. The van der Waals surface area contributed by atoms with E-state index in [9.17, 15) is 4.79 Å². The molecule has 1 amide bonds. The molecule has 1 saturated heterocycles. The van der Waals surface area contributed by atoms with Crippen LogP contribution in [0.1, 0.15) is 21.5 Å². The zero-order valence-corrected chi connectivity index (χ0v) is 15.2. The first-order chi connectivity index (χ1) is 12.7. The molecule has 0 atom stereocenters. The highest BCUT2D eigenvalue weighted by Crippen LogP contribution is 2.32. The number of carbonyl (C=O) groups is 1. The van der Waals surface area contributed by atoms with Crippen LogP contribution in [0, 0.1) is 0 Å². The Morgan fingerprint density at radius 3 is 2.72 bits per heavy atom. The van der Waals surface area contributed by atoms with Gasteiger partial charge in [0.05, 0.1) is 24.4 Å². The van der Waals surface area contributed by atoms with Crippen LogP contribution in [0.25, 0.3) is 11.3 Å². The number of nitrogens with zero attached hydrogens (tertiary/aromatic N) is 2. The number of hydrogen-bond acceptors (Lipinski definition) is 6. The number of anilines is 1. The van der Waals surface area contributed by atoms with Gasteiger partial charge in [-0.05, 0) is 13.8 Å². The lowest BCUT2D eigenvalue weighted by molar-refractivity contribution is -0.120. The van der Waals surface area contributed by atoms with Crippen LogP contribution in [0.15, 0.2) is 30.3 Å². The second-order valence-corrected chi connectivity index (χ2v) is 7.45. The van der Waals surface area contributed by atoms with E-state index in [1.54, 1.807) is 18.7 Å². The second kappa shape index (κ2) is 7.61. The number of benzene rings is 1. The van der Waals surface area contributed by atoms with E-state index in [4.69, 9.17) is 13.2 Å². The third-order valence-electron chi connectivity index (χ3n) is 3.75. The average Bonchev–Trinajstić information content (AvgIpc) is 3.07. The molecule has 0 radical (unpaired) electrons. The minimum absolute atomic E-state index is 0.338. The zero-order valence-electron chi connectivity index (χ0n) is 16.4. The van der Waals surface area contributed by atoms with Crippen LogP contribution in [0.4, 0.5) is 5.13 Å². The largest absolute Gasteiger partial charge is 0.379 e. The van der Waals surface area contributed by atoms with Crippen molar-refractivity contribution < 1.29 is 12.3 Å². The summed E-state index contributed by atoms with van der Waals surface area (Å²) in [6.45, 7) is 3.47. The number of nitrogens with one attached hydrogen (secondary N) is 1. The van der Waals surface area contributed by atoms with Gasteiger partial charge in [0.25, 0.3) is 0 Å². The Kier molecular flexibility index (Phi) is 4.71. The molecular weight excluding hydrogens is 336 g/mol. The van der Waals surface area contributed by atoms with Gasteiger partial charge >= 0.3 is 0 Å². The standard InChI is InChI=1S/C18H24N4O2S/c1-18(2,19)16(23)21-17-20-15(13-6-4-3-5-7-13)14(25-17)12-22-8-10-24-11-9-22/h3-7H,8-12,19H2,1-2H3,(H,20,21,23)/i12D2. The maximum Gasteiger partial charge on any atom is 0.245 e. The quantitative estimate of drug-likeness (QED) is 0.853. The van der Waals surface area contributed by atoms with Gasteiger partial charge in [0.1, 0.15) is 0 Å². The van der Waals surface area contributed by atoms with E-state index in [0.717, 1.165) is 16.9 Å². The summed E-state index contributed by atoms with van der Waals surface area (Å²) in [5.41, 5.74) is 6.13. The molecule has 2 aromatic rings. The van der Waals surface area contributed by atoms with E-state index in [1.807, 2.05) is 30.3 Å². The number of hydrogen-bond donors (Lipinski definition) is 2. The van der Waals surface area contributed by atoms with E-state index in [2.05, 4.69) is 10.3 Å². The molecule has 0 unspecified atom stereocenters. The molecule has 1 aromatic carbocycles. The van der Waals surface area contributed by atoms with Crippen LogP contribution in [0.2, 0.25) is 0 Å². The van der Waals surface area contributed by atoms with Gasteiger partial charge in [0, 0.05) is 32.8 Å². The summed E-state index contributed by atoms with van der Waals surface area (Å²) in [7, 11) is 0. The number of morpholine rings is 1. The molecule has 3 rings (SSSR count). The normalized spacial score (nSPS) is 17.7. The number of rotatable bonds is 5. The number of thiazole rings is 1. The van der Waals surface area contributed by atoms with Crippen molar-refractivity contribution in [2.45, 2.75) is 25.9 Å². The molecule has 134 valence electrons. The predicted molar refractivity (Wildman–Crippen MR) is 101 cm³/mol. The summed E-state index contributed by atoms with van der Waals surface area (Å²) in [4.78, 5) is 19.0. The van der Waals surface area contributed by atoms with Gasteiger partial charge in [-0.3, -0.25) is 9.69 Å². The minimum atomic E-state index is -1.73. The lowest BCUT2D eigenvalue weighted by Crippen LogP contribution is -2.45. The molecule has 25 heavy (non-hydrogen) atoms. The molecule has 1 fully saturated rings. The Morgan fingerprint density at radius 1 is 1.40 bits per heavy atom. The first-order valence-electron chi connectivity index (χ1n) is 9.19. The topological polar surface area (TPSA) is 80.5 Å². The smallest absolute Gasteiger partial charge is 0.245 e. The lowest BCUT2D eigenvalue weighted by atomic mass is 10.1. The summed E-state index contributed by atoms with van der Waals surface area (Å²) < 4.78 is 22.8. The highest BCUT2D eigenvalue weighted by molar-refractivity contribution is 7.16. The lowest BCUT2D eigenvalue weighted by Gasteiger charge is -2.26. The van der Waals surface area contributed by atoms with Crippen molar-refractivity contribution in [1.82, 2.24) is 9.88 Å². The summed E-state index contributed by atoms with van der Waals surface area (Å²) in [6, 6.07) is 9.42. The van der Waals surface area contributed by atoms with Crippen molar-refractivity contribution >= 4 is 22.4 Å². The molecular formula is C18H24N4O2S. The molecule has 0 bridgehead atoms. The maximum atomic E-state index is 12.3. The van der Waals surface area contributed by atoms with Crippen molar-refractivity contribution in [1.29, 1.82) is 0 Å². The van der Waals surface area contributed by atoms with Crippen molar-refractivity contribution in [3.05, 3.63) is 35.2 Å². The molecule has 0 spiro atoms. The van der Waals surface area contributed by atoms with Gasteiger partial charge < -0.3 is 15.8 Å². The van der Waals surface area contributed by atoms with Gasteiger partial charge in [0.15, 0.2) is 5.13 Å². The Bertz CT molecular complexity index is 799. The second-order valence-electron chi connectivity index (χ2n) is 6.45. The summed E-state index contributed by atoms with van der Waals surface area (Å²) in [6.07, 6.45) is 0. The molecule has 1 aliphatic heterocycles. The van der Waals surface area contributed by atoms with E-state index in [-0.39, 0.29) is 5.91 Å². The Labute approximate surface area is 154 Å². The molecule has 7 heteroatoms. The number of carbonyl (C=O) groups excluding carboxylic acids is 1. The van der Waals surface area contributed by atoms with Crippen LogP contribution in [-0.4, -0.2) is 47.6 Å². The minimum Gasteiger partial charge on any atom is -0.379 e. The third kappa shape index (κ3) is 4.64. The first-order valence-corrected chi connectivity index (χ1v) is 9.01. The number of nitrogens with two attached hydrogens (primary N) is 1. The Balaban J connectivity index is 2.01. The fourth-order valence-electron chi connectivity index (χ4n) is 2.32. The Morgan fingerprint density at radius 2 is 2.08 bits per heavy atom. The van der Waals surface area contributed by atoms with Crippen molar-refractivity contribution in [3.63, 3.8) is 0 Å². The SMILES string of the molecule is [2H]C([2H])(c1sc(NC(=O)C(C)(C)N)nc1-c1ccccc1)N1CCOCC1. The van der Waals surface area contributed by atoms with Gasteiger partial charge in [-0.15, -0.1) is 0 Å². The maximum absolute atomic E-state index is 12.3. The predicted octanol–water partition coefficient (Wildman–Crippen LogP) is 2.32. The molecule has 2 heterocycles. The van der Waals surface area contributed by atoms with Crippen LogP contribution < -0.4 is 11.1 Å². The fourth-order valence-corrected chi connectivity index (χ4v) is 3.23. The van der Waals surface area contributed by atoms with E-state index < -0.39 is 12.0 Å². The van der Waals surface area contributed by atoms with Crippen LogP contribution in [-0.2, 0) is 16.0 Å². The average molecular weight is 362 g/mol. The number of aromatic nitrogens is 1. The van der Waals surface area contributed by atoms with Crippen molar-refractivity contribution in [3.8, 4) is 11.3 Å². The summed E-state index contributed by atoms with van der Waals surface area (Å²) in [5.74, 6) is -0.366. The third-order valence-corrected chi connectivity index (χ3v) is 4.63. The zero-order chi connectivity index (χ0) is 19.7. The van der Waals surface area contributed by atoms with E-state index in [0.29, 0.717) is 42.0 Å². The summed E-state index contributed by atoms with van der Waals surface area (Å²) >= 11 is 1.14. The van der Waals surface area contributed by atoms with Crippen molar-refractivity contribution in [2.24, 2.45) is 5.73 Å². The van der Waals surface area contributed by atoms with Crippen LogP contribution >= 0.6 is 11.3 Å². The van der Waals surface area contributed by atoms with Gasteiger partial charge in [-0.25, -0.2) is 4.98 Å². The Hall–Kier alpha value is -1.80. The van der Waals surface area contributed by atoms with Crippen LogP contribution in [0.5, 0.6) is 0 Å². The molecule has 1 aromatic heterocycles. The molecule has 3 N–H and O–H groups in total. The number of ether oxygens (including phenoxy) is 1. The highest BCUT2D eigenvalue weighted by atomic mass is 32.1. The van der Waals surface area contributed by atoms with Gasteiger partial charge in [-0.1, -0.05) is 41.7 Å². The summed E-state index contributed by atoms with van der Waals surface area (Å²) in [5, 5.41) is 3.06. The highest BCUT2D eigenvalue weighted by Gasteiger charge is 2.24. The van der Waals surface area contributed by atoms with Gasteiger partial charge in [-0.2, -0.15) is 0 Å². The molecule has 6 nitrogen and oxygen atoms in total. The molecule has 0 saturated carbocycles. The molecule has 0 aliphatic carbocycles. The van der Waals surface area contributed by atoms with Gasteiger partial charge in [0.2, 0.25) is 5.91 Å². The monoisotopic (exact) mass is 362 g/mol. The molecule has 1 aliphatic rings. The first kappa shape index (κ1) is 15.5. The van der Waals surface area contributed by atoms with Crippen molar-refractivity contribution in [2.75, 3.05) is 31.6 Å². The number of amides is 1.